The van der Waals surface area contributed by atoms with Crippen LogP contribution in [-0.2, 0) is 11.2 Å². The van der Waals surface area contributed by atoms with Crippen molar-refractivity contribution in [2.45, 2.75) is 25.4 Å². The van der Waals surface area contributed by atoms with Gasteiger partial charge in [0.2, 0.25) is 5.91 Å². The van der Waals surface area contributed by atoms with Gasteiger partial charge in [-0.05, 0) is 30.2 Å². The molecule has 1 amide bonds. The first kappa shape index (κ1) is 13.8. The van der Waals surface area contributed by atoms with E-state index in [-0.39, 0.29) is 11.7 Å². The second kappa shape index (κ2) is 5.30. The molecule has 0 radical (unpaired) electrons. The summed E-state index contributed by atoms with van der Waals surface area (Å²) in [4.78, 5) is 13.7. The highest BCUT2D eigenvalue weighted by Crippen LogP contribution is 2.39. The van der Waals surface area contributed by atoms with Crippen molar-refractivity contribution < 1.29 is 9.18 Å². The third kappa shape index (κ3) is 2.21. The fourth-order valence-corrected chi connectivity index (χ4v) is 2.74. The molecule has 108 valence electrons. The van der Waals surface area contributed by atoms with Crippen LogP contribution in [-0.4, -0.2) is 11.9 Å². The molecule has 0 unspecified atom stereocenters. The smallest absolute Gasteiger partial charge is 0.247 e. The van der Waals surface area contributed by atoms with Gasteiger partial charge in [-0.3, -0.25) is 4.79 Å². The largest absolute Gasteiger partial charge is 0.318 e. The first-order chi connectivity index (χ1) is 10.1. The molecule has 3 nitrogen and oxygen atoms in total. The van der Waals surface area contributed by atoms with Gasteiger partial charge in [0.05, 0.1) is 6.04 Å². The molecule has 1 heterocycles. The van der Waals surface area contributed by atoms with Crippen molar-refractivity contribution in [1.82, 2.24) is 0 Å². The minimum atomic E-state index is -0.687. The van der Waals surface area contributed by atoms with Crippen LogP contribution in [0.15, 0.2) is 48.5 Å². The van der Waals surface area contributed by atoms with Crippen molar-refractivity contribution in [2.24, 2.45) is 5.73 Å². The van der Waals surface area contributed by atoms with Crippen LogP contribution in [0.1, 0.15) is 24.1 Å². The lowest BCUT2D eigenvalue weighted by molar-refractivity contribution is -0.126. The zero-order valence-corrected chi connectivity index (χ0v) is 11.8. The molecular weight excluding hydrogens is 267 g/mol. The Hall–Kier alpha value is -2.20. The van der Waals surface area contributed by atoms with Crippen molar-refractivity contribution in [3.05, 3.63) is 65.5 Å². The first-order valence-electron chi connectivity index (χ1n) is 7.05. The quantitative estimate of drug-likeness (QED) is 0.881. The number of hydrogen-bond acceptors (Lipinski definition) is 2. The van der Waals surface area contributed by atoms with E-state index >= 15 is 0 Å². The molecule has 0 aromatic heterocycles. The molecule has 0 saturated carbocycles. The van der Waals surface area contributed by atoms with Gasteiger partial charge < -0.3 is 10.6 Å². The predicted octanol–water partition coefficient (Wildman–Crippen LogP) is 2.80. The first-order valence-corrected chi connectivity index (χ1v) is 7.05. The number of benzene rings is 2. The Kier molecular flexibility index (Phi) is 3.47. The molecule has 2 N–H and O–H groups in total. The Labute approximate surface area is 123 Å². The van der Waals surface area contributed by atoms with Gasteiger partial charge >= 0.3 is 0 Å². The highest BCUT2D eigenvalue weighted by atomic mass is 19.1. The van der Waals surface area contributed by atoms with E-state index in [4.69, 9.17) is 5.73 Å². The Balaban J connectivity index is 1.96. The second-order valence-electron chi connectivity index (χ2n) is 5.22. The van der Waals surface area contributed by atoms with E-state index in [1.54, 1.807) is 23.1 Å². The SMILES string of the molecule is CCc1ccc(N2C(=O)[C@@H](N)[C@H]2c2ccccc2F)cc1. The molecule has 1 aliphatic heterocycles. The molecule has 2 atom stereocenters. The summed E-state index contributed by atoms with van der Waals surface area (Å²) in [5.74, 6) is -0.506. The molecule has 21 heavy (non-hydrogen) atoms. The maximum atomic E-state index is 14.0. The van der Waals surface area contributed by atoms with Crippen LogP contribution in [0, 0.1) is 5.82 Å². The van der Waals surface area contributed by atoms with Crippen molar-refractivity contribution in [3.8, 4) is 0 Å². The molecule has 3 rings (SSSR count). The molecule has 1 aliphatic rings. The number of amides is 1. The molecular formula is C17H17FN2O. The highest BCUT2D eigenvalue weighted by molar-refractivity contribution is 6.05. The molecule has 1 fully saturated rings. The van der Waals surface area contributed by atoms with Gasteiger partial charge in [0, 0.05) is 11.3 Å². The lowest BCUT2D eigenvalue weighted by atomic mass is 9.88. The molecule has 1 saturated heterocycles. The zero-order chi connectivity index (χ0) is 15.0. The number of β-lactam (4-membered cyclic amide) rings is 1. The van der Waals surface area contributed by atoms with Gasteiger partial charge in [-0.25, -0.2) is 4.39 Å². The van der Waals surface area contributed by atoms with Crippen LogP contribution in [0.3, 0.4) is 0 Å². The normalized spacial score (nSPS) is 21.3. The third-order valence-electron chi connectivity index (χ3n) is 3.99. The average Bonchev–Trinajstić information content (AvgIpc) is 2.53. The van der Waals surface area contributed by atoms with Crippen LogP contribution >= 0.6 is 0 Å². The zero-order valence-electron chi connectivity index (χ0n) is 11.8. The summed E-state index contributed by atoms with van der Waals surface area (Å²) in [5, 5.41) is 0. The van der Waals surface area contributed by atoms with Gasteiger partial charge in [-0.1, -0.05) is 37.3 Å². The van der Waals surface area contributed by atoms with Crippen molar-refractivity contribution in [1.29, 1.82) is 0 Å². The van der Waals surface area contributed by atoms with Crippen LogP contribution in [0.4, 0.5) is 10.1 Å². The summed E-state index contributed by atoms with van der Waals surface area (Å²) in [5.41, 5.74) is 8.30. The molecule has 2 aromatic rings. The molecule has 2 aromatic carbocycles. The number of nitrogens with two attached hydrogens (primary N) is 1. The Morgan fingerprint density at radius 2 is 1.81 bits per heavy atom. The highest BCUT2D eigenvalue weighted by Gasteiger charge is 2.47. The topological polar surface area (TPSA) is 46.3 Å². The van der Waals surface area contributed by atoms with Crippen LogP contribution in [0.25, 0.3) is 0 Å². The van der Waals surface area contributed by atoms with Crippen LogP contribution in [0.5, 0.6) is 0 Å². The van der Waals surface area contributed by atoms with Crippen molar-refractivity contribution in [2.75, 3.05) is 4.90 Å². The fraction of sp³-hybridized carbons (Fsp3) is 0.235. The van der Waals surface area contributed by atoms with E-state index in [0.717, 1.165) is 12.1 Å². The number of nitrogens with zero attached hydrogens (tertiary/aromatic N) is 1. The number of aryl methyl sites for hydroxylation is 1. The lowest BCUT2D eigenvalue weighted by Gasteiger charge is -2.45. The van der Waals surface area contributed by atoms with Crippen LogP contribution in [0.2, 0.25) is 0 Å². The van der Waals surface area contributed by atoms with Crippen molar-refractivity contribution >= 4 is 11.6 Å². The van der Waals surface area contributed by atoms with Gasteiger partial charge in [0.15, 0.2) is 0 Å². The summed E-state index contributed by atoms with van der Waals surface area (Å²) < 4.78 is 14.0. The standard InChI is InChI=1S/C17H17FN2O/c1-2-11-7-9-12(10-8-11)20-16(15(19)17(20)21)13-5-3-4-6-14(13)18/h3-10,15-16H,2,19H2,1H3/t15-,16+/m0/s1. The van der Waals surface area contributed by atoms with E-state index in [1.165, 1.54) is 11.6 Å². The Morgan fingerprint density at radius 3 is 2.43 bits per heavy atom. The minimum Gasteiger partial charge on any atom is -0.318 e. The maximum absolute atomic E-state index is 14.0. The summed E-state index contributed by atoms with van der Waals surface area (Å²) in [6.07, 6.45) is 0.935. The number of halogens is 1. The third-order valence-corrected chi connectivity index (χ3v) is 3.99. The molecule has 0 aliphatic carbocycles. The predicted molar refractivity (Wildman–Crippen MR) is 80.4 cm³/mol. The average molecular weight is 284 g/mol. The maximum Gasteiger partial charge on any atom is 0.247 e. The summed E-state index contributed by atoms with van der Waals surface area (Å²) >= 11 is 0. The fourth-order valence-electron chi connectivity index (χ4n) is 2.74. The van der Waals surface area contributed by atoms with E-state index in [1.807, 2.05) is 24.3 Å². The Bertz CT molecular complexity index is 669. The van der Waals surface area contributed by atoms with Gasteiger partial charge in [0.25, 0.3) is 0 Å². The number of anilines is 1. The van der Waals surface area contributed by atoms with E-state index in [0.29, 0.717) is 5.56 Å². The van der Waals surface area contributed by atoms with Gasteiger partial charge in [0.1, 0.15) is 11.9 Å². The number of carbonyl (C=O) groups excluding carboxylic acids is 1. The minimum absolute atomic E-state index is 0.174. The number of carbonyl (C=O) groups is 1. The number of hydrogen-bond donors (Lipinski definition) is 1. The molecule has 0 spiro atoms. The number of rotatable bonds is 3. The summed E-state index contributed by atoms with van der Waals surface area (Å²) in [6.45, 7) is 2.07. The van der Waals surface area contributed by atoms with E-state index in [2.05, 4.69) is 6.92 Å². The monoisotopic (exact) mass is 284 g/mol. The van der Waals surface area contributed by atoms with Crippen molar-refractivity contribution in [3.63, 3.8) is 0 Å². The Morgan fingerprint density at radius 1 is 1.14 bits per heavy atom. The lowest BCUT2D eigenvalue weighted by Crippen LogP contribution is -2.63. The summed E-state index contributed by atoms with van der Waals surface area (Å²) in [6, 6.07) is 13.1. The van der Waals surface area contributed by atoms with Gasteiger partial charge in [-0.2, -0.15) is 0 Å². The van der Waals surface area contributed by atoms with E-state index < -0.39 is 12.1 Å². The van der Waals surface area contributed by atoms with Crippen LogP contribution < -0.4 is 10.6 Å². The summed E-state index contributed by atoms with van der Waals surface area (Å²) in [7, 11) is 0. The second-order valence-corrected chi connectivity index (χ2v) is 5.22. The molecule has 4 heteroatoms. The molecule has 0 bridgehead atoms. The van der Waals surface area contributed by atoms with Gasteiger partial charge in [-0.15, -0.1) is 0 Å². The van der Waals surface area contributed by atoms with E-state index in [9.17, 15) is 9.18 Å².